The zero-order valence-electron chi connectivity index (χ0n) is 17.5. The molecule has 31 heavy (non-hydrogen) atoms. The summed E-state index contributed by atoms with van der Waals surface area (Å²) < 4.78 is 30.5. The molecule has 1 fully saturated rings. The number of methoxy groups -OCH3 is 3. The predicted molar refractivity (Wildman–Crippen MR) is 117 cm³/mol. The summed E-state index contributed by atoms with van der Waals surface area (Å²) in [4.78, 5) is 27.2. The smallest absolute Gasteiger partial charge is 0.254 e. The minimum atomic E-state index is -0.502. The van der Waals surface area contributed by atoms with Crippen molar-refractivity contribution in [1.29, 1.82) is 0 Å². The van der Waals surface area contributed by atoms with Gasteiger partial charge >= 0.3 is 0 Å². The molecule has 2 amide bonds. The molecule has 2 aromatic rings. The molecule has 1 N–H and O–H groups in total. The zero-order valence-corrected chi connectivity index (χ0v) is 19.1. The highest BCUT2D eigenvalue weighted by molar-refractivity contribution is 9.10. The van der Waals surface area contributed by atoms with Gasteiger partial charge in [-0.15, -0.1) is 0 Å². The zero-order chi connectivity index (χ0) is 22.5. The van der Waals surface area contributed by atoms with Crippen molar-refractivity contribution in [3.8, 4) is 17.2 Å². The topological polar surface area (TPSA) is 77.1 Å². The lowest BCUT2D eigenvalue weighted by Gasteiger charge is -2.31. The molecule has 1 saturated heterocycles. The Balaban J connectivity index is 1.65. The van der Waals surface area contributed by atoms with Crippen molar-refractivity contribution >= 4 is 33.4 Å². The van der Waals surface area contributed by atoms with Gasteiger partial charge < -0.3 is 24.4 Å². The summed E-state index contributed by atoms with van der Waals surface area (Å²) in [7, 11) is 4.48. The van der Waals surface area contributed by atoms with Crippen molar-refractivity contribution in [2.75, 3.05) is 39.7 Å². The molecule has 3 rings (SSSR count). The molecule has 166 valence electrons. The van der Waals surface area contributed by atoms with E-state index in [1.165, 1.54) is 33.5 Å². The first-order chi connectivity index (χ1) is 14.9. The van der Waals surface area contributed by atoms with E-state index < -0.39 is 5.82 Å². The summed E-state index contributed by atoms with van der Waals surface area (Å²) in [6.07, 6.45) is 0.973. The van der Waals surface area contributed by atoms with Crippen LogP contribution < -0.4 is 19.5 Å². The summed E-state index contributed by atoms with van der Waals surface area (Å²) in [5, 5.41) is 2.64. The number of nitrogens with one attached hydrogen (secondary N) is 1. The number of halogens is 2. The summed E-state index contributed by atoms with van der Waals surface area (Å²) in [6, 6.07) is 7.70. The van der Waals surface area contributed by atoms with Crippen molar-refractivity contribution in [2.24, 2.45) is 5.92 Å². The van der Waals surface area contributed by atoms with E-state index in [1.807, 2.05) is 0 Å². The van der Waals surface area contributed by atoms with Gasteiger partial charge in [-0.05, 0) is 43.2 Å². The number of carbonyl (C=O) groups is 2. The van der Waals surface area contributed by atoms with E-state index in [4.69, 9.17) is 14.2 Å². The number of likely N-dealkylation sites (tertiary alicyclic amines) is 1. The molecule has 2 aromatic carbocycles. The van der Waals surface area contributed by atoms with Crippen LogP contribution in [0, 0.1) is 11.7 Å². The summed E-state index contributed by atoms with van der Waals surface area (Å²) >= 11 is 3.19. The molecule has 0 aliphatic carbocycles. The molecule has 1 aliphatic heterocycles. The lowest BCUT2D eigenvalue weighted by atomic mass is 9.95. The van der Waals surface area contributed by atoms with Crippen LogP contribution in [0.3, 0.4) is 0 Å². The Morgan fingerprint density at radius 2 is 1.65 bits per heavy atom. The van der Waals surface area contributed by atoms with Gasteiger partial charge in [0.05, 0.1) is 27.0 Å². The number of nitrogens with zero attached hydrogens (tertiary/aromatic N) is 1. The number of hydrogen-bond donors (Lipinski definition) is 1. The first-order valence-electron chi connectivity index (χ1n) is 9.73. The molecular formula is C22H24BrFN2O5. The van der Waals surface area contributed by atoms with Crippen LogP contribution in [0.2, 0.25) is 0 Å². The van der Waals surface area contributed by atoms with Crippen LogP contribution in [0.25, 0.3) is 0 Å². The molecule has 0 spiro atoms. The average molecular weight is 495 g/mol. The van der Waals surface area contributed by atoms with Gasteiger partial charge in [-0.25, -0.2) is 4.39 Å². The fraction of sp³-hybridized carbons (Fsp3) is 0.364. The normalized spacial score (nSPS) is 14.2. The summed E-state index contributed by atoms with van der Waals surface area (Å²) in [5.74, 6) is -0.0213. The second kappa shape index (κ2) is 10.00. The molecule has 0 radical (unpaired) electrons. The Hall–Kier alpha value is -2.81. The highest BCUT2D eigenvalue weighted by Gasteiger charge is 2.29. The van der Waals surface area contributed by atoms with E-state index in [-0.39, 0.29) is 23.4 Å². The van der Waals surface area contributed by atoms with Crippen molar-refractivity contribution in [3.63, 3.8) is 0 Å². The summed E-state index contributed by atoms with van der Waals surface area (Å²) in [5.41, 5.74) is 0.554. The average Bonchev–Trinajstić information content (AvgIpc) is 2.79. The SMILES string of the molecule is COc1cc(C(=O)N2CCC(C(=O)Nc3ccc(Br)cc3F)CC2)cc(OC)c1OC. The van der Waals surface area contributed by atoms with E-state index in [2.05, 4.69) is 21.2 Å². The van der Waals surface area contributed by atoms with E-state index >= 15 is 0 Å². The van der Waals surface area contributed by atoms with Crippen LogP contribution in [-0.2, 0) is 4.79 Å². The number of carbonyl (C=O) groups excluding carboxylic acids is 2. The predicted octanol–water partition coefficient (Wildman–Crippen LogP) is 4.10. The van der Waals surface area contributed by atoms with Gasteiger partial charge in [-0.2, -0.15) is 0 Å². The largest absolute Gasteiger partial charge is 0.493 e. The molecule has 0 saturated carbocycles. The van der Waals surface area contributed by atoms with E-state index in [1.54, 1.807) is 23.1 Å². The molecule has 0 aromatic heterocycles. The molecule has 1 heterocycles. The van der Waals surface area contributed by atoms with Crippen molar-refractivity contribution in [3.05, 3.63) is 46.2 Å². The first kappa shape index (κ1) is 22.9. The number of rotatable bonds is 6. The van der Waals surface area contributed by atoms with Gasteiger partial charge in [0, 0.05) is 29.0 Å². The number of ether oxygens (including phenoxy) is 3. The monoisotopic (exact) mass is 494 g/mol. The van der Waals surface area contributed by atoms with Gasteiger partial charge in [0.25, 0.3) is 5.91 Å². The van der Waals surface area contributed by atoms with E-state index in [0.29, 0.717) is 53.2 Å². The molecule has 0 bridgehead atoms. The Bertz CT molecular complexity index is 951. The third-order valence-corrected chi connectivity index (χ3v) is 5.75. The van der Waals surface area contributed by atoms with Crippen LogP contribution >= 0.6 is 15.9 Å². The number of piperidine rings is 1. The maximum absolute atomic E-state index is 14.0. The molecule has 0 unspecified atom stereocenters. The Kier molecular flexibility index (Phi) is 7.37. The van der Waals surface area contributed by atoms with Crippen LogP contribution in [0.5, 0.6) is 17.2 Å². The fourth-order valence-electron chi connectivity index (χ4n) is 3.56. The van der Waals surface area contributed by atoms with Crippen molar-refractivity contribution in [2.45, 2.75) is 12.8 Å². The van der Waals surface area contributed by atoms with E-state index in [0.717, 1.165) is 0 Å². The van der Waals surface area contributed by atoms with Gasteiger partial charge in [0.1, 0.15) is 5.82 Å². The number of benzene rings is 2. The number of amides is 2. The highest BCUT2D eigenvalue weighted by Crippen LogP contribution is 2.38. The third-order valence-electron chi connectivity index (χ3n) is 5.25. The summed E-state index contributed by atoms with van der Waals surface area (Å²) in [6.45, 7) is 0.826. The lowest BCUT2D eigenvalue weighted by molar-refractivity contribution is -0.121. The van der Waals surface area contributed by atoms with Crippen molar-refractivity contribution < 1.29 is 28.2 Å². The van der Waals surface area contributed by atoms with E-state index in [9.17, 15) is 14.0 Å². The van der Waals surface area contributed by atoms with Gasteiger partial charge in [-0.1, -0.05) is 15.9 Å². The highest BCUT2D eigenvalue weighted by atomic mass is 79.9. The number of hydrogen-bond acceptors (Lipinski definition) is 5. The van der Waals surface area contributed by atoms with Gasteiger partial charge in [0.2, 0.25) is 11.7 Å². The Morgan fingerprint density at radius 1 is 1.03 bits per heavy atom. The van der Waals surface area contributed by atoms with Gasteiger partial charge in [0.15, 0.2) is 11.5 Å². The van der Waals surface area contributed by atoms with Crippen LogP contribution in [-0.4, -0.2) is 51.1 Å². The maximum atomic E-state index is 14.0. The standard InChI is InChI=1S/C22H24BrFN2O5/c1-29-18-10-14(11-19(30-2)20(18)31-3)22(28)26-8-6-13(7-9-26)21(27)25-17-5-4-15(23)12-16(17)24/h4-5,10-13H,6-9H2,1-3H3,(H,25,27). The van der Waals surface area contributed by atoms with Crippen molar-refractivity contribution in [1.82, 2.24) is 4.90 Å². The maximum Gasteiger partial charge on any atom is 0.254 e. The minimum Gasteiger partial charge on any atom is -0.493 e. The van der Waals surface area contributed by atoms with Crippen LogP contribution in [0.15, 0.2) is 34.8 Å². The third kappa shape index (κ3) is 5.10. The second-order valence-electron chi connectivity index (χ2n) is 7.09. The second-order valence-corrected chi connectivity index (χ2v) is 8.01. The first-order valence-corrected chi connectivity index (χ1v) is 10.5. The minimum absolute atomic E-state index is 0.143. The lowest BCUT2D eigenvalue weighted by Crippen LogP contribution is -2.41. The number of anilines is 1. The molecule has 9 heteroatoms. The van der Waals surface area contributed by atoms with Crippen LogP contribution in [0.4, 0.5) is 10.1 Å². The Labute approximate surface area is 188 Å². The van der Waals surface area contributed by atoms with Gasteiger partial charge in [-0.3, -0.25) is 9.59 Å². The molecule has 0 atom stereocenters. The fourth-order valence-corrected chi connectivity index (χ4v) is 3.89. The quantitative estimate of drug-likeness (QED) is 0.653. The molecule has 1 aliphatic rings. The molecular weight excluding hydrogens is 471 g/mol. The molecule has 7 nitrogen and oxygen atoms in total. The Morgan fingerprint density at radius 3 is 2.16 bits per heavy atom. The van der Waals surface area contributed by atoms with Crippen LogP contribution in [0.1, 0.15) is 23.2 Å².